The van der Waals surface area contributed by atoms with E-state index in [-0.39, 0.29) is 5.78 Å². The number of para-hydroxylation sites is 1. The summed E-state index contributed by atoms with van der Waals surface area (Å²) in [6.07, 6.45) is 5.49. The highest BCUT2D eigenvalue weighted by Crippen LogP contribution is 2.39. The molecule has 5 rings (SSSR count). The van der Waals surface area contributed by atoms with Crippen LogP contribution >= 0.6 is 0 Å². The Morgan fingerprint density at radius 2 is 1.83 bits per heavy atom. The van der Waals surface area contributed by atoms with E-state index in [1.807, 2.05) is 60.4 Å². The first kappa shape index (κ1) is 12.4. The van der Waals surface area contributed by atoms with Gasteiger partial charge in [-0.25, -0.2) is 9.55 Å². The summed E-state index contributed by atoms with van der Waals surface area (Å²) in [6.45, 7) is 0. The van der Waals surface area contributed by atoms with Gasteiger partial charge in [0.15, 0.2) is 12.4 Å². The molecule has 0 saturated heterocycles. The number of aryl methyl sites for hydroxylation is 1. The van der Waals surface area contributed by atoms with Crippen LogP contribution in [0.5, 0.6) is 0 Å². The first-order valence-electron chi connectivity index (χ1n) is 7.46. The monoisotopic (exact) mass is 298 g/mol. The first-order chi connectivity index (χ1) is 11.2. The van der Waals surface area contributed by atoms with Crippen LogP contribution < -0.4 is 4.57 Å². The molecule has 108 valence electrons. The molecule has 23 heavy (non-hydrogen) atoms. The molecular weight excluding hydrogens is 286 g/mol. The second-order valence-electron chi connectivity index (χ2n) is 5.83. The highest BCUT2D eigenvalue weighted by atomic mass is 16.1. The Bertz CT molecular complexity index is 1150. The Morgan fingerprint density at radius 1 is 0.957 bits per heavy atom. The molecular formula is C19H12N3O+. The van der Waals surface area contributed by atoms with E-state index >= 15 is 0 Å². The molecule has 0 fully saturated rings. The van der Waals surface area contributed by atoms with E-state index in [1.54, 1.807) is 6.20 Å². The lowest BCUT2D eigenvalue weighted by Crippen LogP contribution is -2.29. The van der Waals surface area contributed by atoms with Gasteiger partial charge in [-0.1, -0.05) is 18.2 Å². The van der Waals surface area contributed by atoms with Crippen molar-refractivity contribution in [2.75, 3.05) is 0 Å². The Morgan fingerprint density at radius 3 is 2.74 bits per heavy atom. The van der Waals surface area contributed by atoms with Gasteiger partial charge in [0.05, 0.1) is 16.8 Å². The van der Waals surface area contributed by atoms with Crippen molar-refractivity contribution in [3.8, 4) is 11.3 Å². The Labute approximate surface area is 132 Å². The maximum Gasteiger partial charge on any atom is 0.218 e. The van der Waals surface area contributed by atoms with Crippen LogP contribution in [0.3, 0.4) is 0 Å². The molecule has 0 amide bonds. The minimum Gasteiger partial charge on any atom is -0.287 e. The van der Waals surface area contributed by atoms with Crippen LogP contribution in [0.15, 0.2) is 55.0 Å². The number of fused-ring (bicyclic) bond motifs is 4. The van der Waals surface area contributed by atoms with Gasteiger partial charge in [0, 0.05) is 28.6 Å². The molecule has 0 radical (unpaired) electrons. The quantitative estimate of drug-likeness (QED) is 0.326. The van der Waals surface area contributed by atoms with Crippen LogP contribution in [0.4, 0.5) is 0 Å². The van der Waals surface area contributed by atoms with E-state index in [2.05, 4.69) is 4.98 Å². The summed E-state index contributed by atoms with van der Waals surface area (Å²) in [5.41, 5.74) is 3.81. The second kappa shape index (κ2) is 4.20. The molecule has 4 nitrogen and oxygen atoms in total. The lowest BCUT2D eigenvalue weighted by atomic mass is 9.88. The third-order valence-corrected chi connectivity index (χ3v) is 4.43. The van der Waals surface area contributed by atoms with Crippen LogP contribution in [0.2, 0.25) is 0 Å². The number of carbonyl (C=O) groups excluding carboxylic acids is 1. The van der Waals surface area contributed by atoms with E-state index in [1.165, 1.54) is 0 Å². The predicted molar refractivity (Wildman–Crippen MR) is 87.1 cm³/mol. The van der Waals surface area contributed by atoms with E-state index in [0.717, 1.165) is 32.9 Å². The molecule has 1 aliphatic rings. The fraction of sp³-hybridized carbons (Fsp3) is 0.0526. The third kappa shape index (κ3) is 1.55. The van der Waals surface area contributed by atoms with Crippen molar-refractivity contribution in [3.05, 3.63) is 66.2 Å². The summed E-state index contributed by atoms with van der Waals surface area (Å²) >= 11 is 0. The Hall–Kier alpha value is -3.14. The second-order valence-corrected chi connectivity index (χ2v) is 5.83. The number of carbonyl (C=O) groups is 1. The number of pyridine rings is 3. The Balaban J connectivity index is 2.07. The van der Waals surface area contributed by atoms with Crippen molar-refractivity contribution in [3.63, 3.8) is 0 Å². The van der Waals surface area contributed by atoms with Crippen molar-refractivity contribution in [1.82, 2.24) is 9.97 Å². The van der Waals surface area contributed by atoms with Gasteiger partial charge >= 0.3 is 0 Å². The molecule has 0 saturated carbocycles. The maximum absolute atomic E-state index is 12.9. The highest BCUT2D eigenvalue weighted by Gasteiger charge is 2.30. The van der Waals surface area contributed by atoms with Gasteiger partial charge in [0.2, 0.25) is 5.78 Å². The molecule has 0 N–H and O–H groups in total. The van der Waals surface area contributed by atoms with E-state index < -0.39 is 0 Å². The molecule has 1 aromatic carbocycles. The number of nitrogens with zero attached hydrogens (tertiary/aromatic N) is 3. The first-order valence-corrected chi connectivity index (χ1v) is 7.46. The summed E-state index contributed by atoms with van der Waals surface area (Å²) in [6, 6.07) is 11.9. The summed E-state index contributed by atoms with van der Waals surface area (Å²) in [5.74, 6) is -0.0358. The van der Waals surface area contributed by atoms with Gasteiger partial charge < -0.3 is 0 Å². The van der Waals surface area contributed by atoms with E-state index in [9.17, 15) is 4.79 Å². The summed E-state index contributed by atoms with van der Waals surface area (Å²) in [4.78, 5) is 22.1. The van der Waals surface area contributed by atoms with Crippen LogP contribution in [-0.4, -0.2) is 15.8 Å². The van der Waals surface area contributed by atoms with Gasteiger partial charge in [0.1, 0.15) is 12.7 Å². The zero-order chi connectivity index (χ0) is 15.6. The number of benzene rings is 1. The highest BCUT2D eigenvalue weighted by molar-refractivity contribution is 6.26. The molecule has 0 aliphatic heterocycles. The SMILES string of the molecule is C[n+]1ccc2c(c1)C(=O)c1nccc3c1c-2nc1ccccc13. The molecule has 0 unspecified atom stereocenters. The zero-order valence-corrected chi connectivity index (χ0v) is 12.4. The topological polar surface area (TPSA) is 46.7 Å². The maximum atomic E-state index is 12.9. The normalized spacial score (nSPS) is 12.7. The largest absolute Gasteiger partial charge is 0.287 e. The summed E-state index contributed by atoms with van der Waals surface area (Å²) in [7, 11) is 1.91. The summed E-state index contributed by atoms with van der Waals surface area (Å²) in [5, 5.41) is 2.94. The fourth-order valence-corrected chi connectivity index (χ4v) is 3.38. The number of rotatable bonds is 0. The minimum atomic E-state index is -0.0358. The van der Waals surface area contributed by atoms with Gasteiger partial charge in [-0.3, -0.25) is 9.78 Å². The van der Waals surface area contributed by atoms with E-state index in [4.69, 9.17) is 4.98 Å². The molecule has 3 heterocycles. The number of ketones is 1. The van der Waals surface area contributed by atoms with Gasteiger partial charge in [-0.2, -0.15) is 0 Å². The smallest absolute Gasteiger partial charge is 0.218 e. The average Bonchev–Trinajstić information content (AvgIpc) is 2.59. The fourth-order valence-electron chi connectivity index (χ4n) is 3.38. The third-order valence-electron chi connectivity index (χ3n) is 4.43. The molecule has 0 bridgehead atoms. The standard InChI is InChI=1S/C19H12N3O/c1-22-9-7-13-14(10-22)19(23)18-16-12(6-8-20-18)11-4-2-3-5-15(11)21-17(13)16/h2-10H,1H3/q+1. The van der Waals surface area contributed by atoms with Gasteiger partial charge in [0.25, 0.3) is 0 Å². The molecule has 4 aromatic rings. The van der Waals surface area contributed by atoms with Gasteiger partial charge in [-0.05, 0) is 17.5 Å². The van der Waals surface area contributed by atoms with Crippen LogP contribution in [0.1, 0.15) is 16.1 Å². The van der Waals surface area contributed by atoms with Crippen molar-refractivity contribution in [1.29, 1.82) is 0 Å². The van der Waals surface area contributed by atoms with Crippen molar-refractivity contribution >= 4 is 27.5 Å². The van der Waals surface area contributed by atoms with Crippen molar-refractivity contribution in [2.24, 2.45) is 7.05 Å². The Kier molecular flexibility index (Phi) is 2.26. The van der Waals surface area contributed by atoms with Crippen LogP contribution in [0, 0.1) is 0 Å². The van der Waals surface area contributed by atoms with Crippen LogP contribution in [-0.2, 0) is 7.05 Å². The number of hydrogen-bond donors (Lipinski definition) is 0. The van der Waals surface area contributed by atoms with Gasteiger partial charge in [-0.15, -0.1) is 0 Å². The number of hydrogen-bond acceptors (Lipinski definition) is 3. The molecule has 1 aliphatic carbocycles. The molecule has 0 atom stereocenters. The lowest BCUT2D eigenvalue weighted by molar-refractivity contribution is -0.671. The predicted octanol–water partition coefficient (Wildman–Crippen LogP) is 2.82. The minimum absolute atomic E-state index is 0.0358. The summed E-state index contributed by atoms with van der Waals surface area (Å²) < 4.78 is 1.88. The average molecular weight is 298 g/mol. The lowest BCUT2D eigenvalue weighted by Gasteiger charge is -2.18. The van der Waals surface area contributed by atoms with E-state index in [0.29, 0.717) is 11.3 Å². The zero-order valence-electron chi connectivity index (χ0n) is 12.4. The molecule has 3 aromatic heterocycles. The molecule has 4 heteroatoms. The van der Waals surface area contributed by atoms with Crippen molar-refractivity contribution < 1.29 is 9.36 Å². The van der Waals surface area contributed by atoms with Crippen LogP contribution in [0.25, 0.3) is 32.9 Å². The number of aromatic nitrogens is 3. The molecule has 0 spiro atoms. The van der Waals surface area contributed by atoms with Crippen molar-refractivity contribution in [2.45, 2.75) is 0 Å².